The van der Waals surface area contributed by atoms with Crippen LogP contribution >= 0.6 is 0 Å². The van der Waals surface area contributed by atoms with Crippen LogP contribution in [0.15, 0.2) is 18.2 Å². The molecule has 1 heterocycles. The maximum absolute atomic E-state index is 13.0. The average Bonchev–Trinajstić information content (AvgIpc) is 3.18. The fourth-order valence-corrected chi connectivity index (χ4v) is 7.53. The van der Waals surface area contributed by atoms with Gasteiger partial charge < -0.3 is 20.1 Å². The number of nitrogens with one attached hydrogen (secondary N) is 2. The molecule has 5 fully saturated rings. The van der Waals surface area contributed by atoms with Gasteiger partial charge in [0.05, 0.1) is 20.3 Å². The highest BCUT2D eigenvalue weighted by atomic mass is 16.5. The molecule has 6 heteroatoms. The largest absolute Gasteiger partial charge is 0.493 e. The molecule has 6 nitrogen and oxygen atoms in total. The number of para-hydroxylation sites is 1. The SMILES string of the molecule is CCNC(=O)[C@@H]1C[C@H](NC2C3CC4CC(C3)CC2C4)CN1Cc1cccc(OC)c1OC. The summed E-state index contributed by atoms with van der Waals surface area (Å²) in [6.07, 6.45) is 8.03. The maximum atomic E-state index is 13.0. The number of benzene rings is 1. The summed E-state index contributed by atoms with van der Waals surface area (Å²) in [6, 6.07) is 6.90. The van der Waals surface area contributed by atoms with E-state index in [0.717, 1.165) is 53.7 Å². The summed E-state index contributed by atoms with van der Waals surface area (Å²) >= 11 is 0. The van der Waals surface area contributed by atoms with Crippen molar-refractivity contribution in [2.75, 3.05) is 27.3 Å². The van der Waals surface area contributed by atoms with Crippen LogP contribution in [0.25, 0.3) is 0 Å². The molecule has 1 aromatic carbocycles. The van der Waals surface area contributed by atoms with Gasteiger partial charge in [-0.3, -0.25) is 9.69 Å². The van der Waals surface area contributed by atoms with E-state index in [1.54, 1.807) is 14.2 Å². The van der Waals surface area contributed by atoms with Gasteiger partial charge in [-0.2, -0.15) is 0 Å². The van der Waals surface area contributed by atoms with Crippen molar-refractivity contribution in [3.63, 3.8) is 0 Å². The lowest BCUT2D eigenvalue weighted by Crippen LogP contribution is -2.57. The lowest BCUT2D eigenvalue weighted by Gasteiger charge is -2.55. The number of ether oxygens (including phenoxy) is 2. The zero-order valence-electron chi connectivity index (χ0n) is 19.8. The van der Waals surface area contributed by atoms with E-state index in [4.69, 9.17) is 9.47 Å². The standard InChI is InChI=1S/C26H39N3O3/c1-4-27-26(30)22-13-21(28-24-19-9-16-8-17(11-19)12-20(24)10-16)15-29(22)14-18-6-5-7-23(31-2)25(18)32-3/h5-7,16-17,19-22,24,28H,4,8-15H2,1-3H3,(H,27,30)/t16?,17?,19?,20?,21-,22-,24?/m0/s1. The molecular formula is C26H39N3O3. The van der Waals surface area contributed by atoms with Crippen molar-refractivity contribution in [1.29, 1.82) is 0 Å². The van der Waals surface area contributed by atoms with Gasteiger partial charge in [-0.25, -0.2) is 0 Å². The summed E-state index contributed by atoms with van der Waals surface area (Å²) in [5, 5.41) is 7.14. The molecule has 5 aliphatic rings. The molecule has 0 aromatic heterocycles. The van der Waals surface area contributed by atoms with Gasteiger partial charge in [0.15, 0.2) is 11.5 Å². The van der Waals surface area contributed by atoms with E-state index in [9.17, 15) is 4.79 Å². The molecule has 0 spiro atoms. The molecule has 6 rings (SSSR count). The number of hydrogen-bond acceptors (Lipinski definition) is 5. The number of methoxy groups -OCH3 is 2. The lowest BCUT2D eigenvalue weighted by atomic mass is 9.54. The molecule has 1 amide bonds. The Balaban J connectivity index is 1.31. The van der Waals surface area contributed by atoms with Gasteiger partial charge in [0.1, 0.15) is 0 Å². The second-order valence-corrected chi connectivity index (χ2v) is 10.5. The number of likely N-dealkylation sites (N-methyl/N-ethyl adjacent to an activating group) is 1. The van der Waals surface area contributed by atoms with Crippen LogP contribution in [0.5, 0.6) is 11.5 Å². The molecule has 2 N–H and O–H groups in total. The molecule has 0 unspecified atom stereocenters. The summed E-state index contributed by atoms with van der Waals surface area (Å²) in [4.78, 5) is 15.3. The third kappa shape index (κ3) is 4.12. The van der Waals surface area contributed by atoms with Crippen LogP contribution in [0.3, 0.4) is 0 Å². The minimum absolute atomic E-state index is 0.111. The van der Waals surface area contributed by atoms with Gasteiger partial charge in [-0.05, 0) is 75.2 Å². The number of likely N-dealkylation sites (tertiary alicyclic amines) is 1. The smallest absolute Gasteiger partial charge is 0.237 e. The number of carbonyl (C=O) groups is 1. The van der Waals surface area contributed by atoms with Crippen molar-refractivity contribution in [3.8, 4) is 11.5 Å². The van der Waals surface area contributed by atoms with Gasteiger partial charge in [0, 0.05) is 37.3 Å². The van der Waals surface area contributed by atoms with Crippen molar-refractivity contribution in [2.24, 2.45) is 23.7 Å². The van der Waals surface area contributed by atoms with Crippen LogP contribution in [0, 0.1) is 23.7 Å². The first-order chi connectivity index (χ1) is 15.6. The fraction of sp³-hybridized carbons (Fsp3) is 0.731. The fourth-order valence-electron chi connectivity index (χ4n) is 7.53. The van der Waals surface area contributed by atoms with Crippen LogP contribution in [-0.4, -0.2) is 56.2 Å². The maximum Gasteiger partial charge on any atom is 0.237 e. The summed E-state index contributed by atoms with van der Waals surface area (Å²) in [5.41, 5.74) is 1.07. The molecule has 176 valence electrons. The molecule has 0 radical (unpaired) electrons. The zero-order chi connectivity index (χ0) is 22.2. The van der Waals surface area contributed by atoms with Crippen molar-refractivity contribution < 1.29 is 14.3 Å². The third-order valence-electron chi connectivity index (χ3n) is 8.57. The number of amides is 1. The molecule has 1 saturated heterocycles. The first kappa shape index (κ1) is 22.0. The highest BCUT2D eigenvalue weighted by Crippen LogP contribution is 2.54. The van der Waals surface area contributed by atoms with Gasteiger partial charge in [-0.15, -0.1) is 0 Å². The number of hydrogen-bond donors (Lipinski definition) is 2. The molecule has 4 bridgehead atoms. The number of nitrogens with zero attached hydrogens (tertiary/aromatic N) is 1. The summed E-state index contributed by atoms with van der Waals surface area (Å²) in [7, 11) is 3.35. The van der Waals surface area contributed by atoms with Crippen LogP contribution in [0.4, 0.5) is 0 Å². The Morgan fingerprint density at radius 1 is 1.03 bits per heavy atom. The predicted molar refractivity (Wildman–Crippen MR) is 125 cm³/mol. The Hall–Kier alpha value is -1.79. The molecule has 1 aromatic rings. The van der Waals surface area contributed by atoms with E-state index in [2.05, 4.69) is 21.6 Å². The van der Waals surface area contributed by atoms with E-state index >= 15 is 0 Å². The Labute approximate surface area is 192 Å². The zero-order valence-corrected chi connectivity index (χ0v) is 19.8. The quantitative estimate of drug-likeness (QED) is 0.649. The van der Waals surface area contributed by atoms with Crippen LogP contribution in [-0.2, 0) is 11.3 Å². The van der Waals surface area contributed by atoms with E-state index in [1.807, 2.05) is 19.1 Å². The van der Waals surface area contributed by atoms with E-state index < -0.39 is 0 Å². The monoisotopic (exact) mass is 441 g/mol. The van der Waals surface area contributed by atoms with Crippen molar-refractivity contribution in [1.82, 2.24) is 15.5 Å². The number of carbonyl (C=O) groups excluding carboxylic acids is 1. The van der Waals surface area contributed by atoms with Crippen molar-refractivity contribution in [2.45, 2.75) is 70.1 Å². The Morgan fingerprint density at radius 2 is 1.75 bits per heavy atom. The average molecular weight is 442 g/mol. The third-order valence-corrected chi connectivity index (χ3v) is 8.57. The topological polar surface area (TPSA) is 62.8 Å². The van der Waals surface area contributed by atoms with Gasteiger partial charge in [0.2, 0.25) is 5.91 Å². The molecule has 1 aliphatic heterocycles. The second kappa shape index (κ2) is 9.22. The minimum Gasteiger partial charge on any atom is -0.493 e. The first-order valence-electron chi connectivity index (χ1n) is 12.6. The summed E-state index contributed by atoms with van der Waals surface area (Å²) in [5.74, 6) is 5.31. The lowest BCUT2D eigenvalue weighted by molar-refractivity contribution is -0.125. The Bertz CT molecular complexity index is 801. The predicted octanol–water partition coefficient (Wildman–Crippen LogP) is 3.20. The van der Waals surface area contributed by atoms with Gasteiger partial charge in [-0.1, -0.05) is 12.1 Å². The molecule has 32 heavy (non-hydrogen) atoms. The first-order valence-corrected chi connectivity index (χ1v) is 12.6. The summed E-state index contributed by atoms with van der Waals surface area (Å²) < 4.78 is 11.2. The molecule has 2 atom stereocenters. The normalized spacial score (nSPS) is 35.8. The highest BCUT2D eigenvalue weighted by molar-refractivity contribution is 5.82. The van der Waals surface area contributed by atoms with Gasteiger partial charge in [0.25, 0.3) is 0 Å². The molecule has 4 saturated carbocycles. The molecular weight excluding hydrogens is 402 g/mol. The Morgan fingerprint density at radius 3 is 2.38 bits per heavy atom. The van der Waals surface area contributed by atoms with E-state index in [0.29, 0.717) is 25.2 Å². The summed E-state index contributed by atoms with van der Waals surface area (Å²) in [6.45, 7) is 4.23. The van der Waals surface area contributed by atoms with Crippen molar-refractivity contribution in [3.05, 3.63) is 23.8 Å². The second-order valence-electron chi connectivity index (χ2n) is 10.5. The van der Waals surface area contributed by atoms with Crippen LogP contribution in [0.2, 0.25) is 0 Å². The van der Waals surface area contributed by atoms with Gasteiger partial charge >= 0.3 is 0 Å². The number of rotatable bonds is 8. The van der Waals surface area contributed by atoms with Crippen molar-refractivity contribution >= 4 is 5.91 Å². The molecule has 4 aliphatic carbocycles. The highest BCUT2D eigenvalue weighted by Gasteiger charge is 2.49. The Kier molecular flexibility index (Phi) is 6.35. The van der Waals surface area contributed by atoms with Crippen LogP contribution < -0.4 is 20.1 Å². The van der Waals surface area contributed by atoms with Crippen LogP contribution in [0.1, 0.15) is 51.0 Å². The minimum atomic E-state index is -0.111. The van der Waals surface area contributed by atoms with E-state index in [-0.39, 0.29) is 11.9 Å². The van der Waals surface area contributed by atoms with E-state index in [1.165, 1.54) is 32.1 Å².